The molecule has 0 fully saturated rings. The van der Waals surface area contributed by atoms with E-state index in [9.17, 15) is 9.59 Å². The van der Waals surface area contributed by atoms with Gasteiger partial charge in [0.1, 0.15) is 12.0 Å². The lowest BCUT2D eigenvalue weighted by Gasteiger charge is -2.15. The summed E-state index contributed by atoms with van der Waals surface area (Å²) in [5.41, 5.74) is 0.855. The van der Waals surface area contributed by atoms with E-state index in [1.807, 2.05) is 13.8 Å². The maximum absolute atomic E-state index is 12.0. The van der Waals surface area contributed by atoms with Crippen LogP contribution in [0.4, 0.5) is 5.69 Å². The molecule has 116 valence electrons. The molecule has 2 rings (SSSR count). The second kappa shape index (κ2) is 6.75. The van der Waals surface area contributed by atoms with Gasteiger partial charge in [-0.25, -0.2) is 4.79 Å². The van der Waals surface area contributed by atoms with Crippen LogP contribution in [0.2, 0.25) is 0 Å². The molecule has 0 aliphatic heterocycles. The molecule has 0 spiro atoms. The van der Waals surface area contributed by atoms with E-state index >= 15 is 0 Å². The van der Waals surface area contributed by atoms with E-state index in [0.717, 1.165) is 0 Å². The molecule has 1 aromatic carbocycles. The molecule has 1 heterocycles. The van der Waals surface area contributed by atoms with Gasteiger partial charge < -0.3 is 19.7 Å². The first-order valence-electron chi connectivity index (χ1n) is 6.69. The Balaban J connectivity index is 2.20. The summed E-state index contributed by atoms with van der Waals surface area (Å²) < 4.78 is 10.2. The van der Waals surface area contributed by atoms with Crippen LogP contribution in [0.5, 0.6) is 5.75 Å². The molecule has 22 heavy (non-hydrogen) atoms. The zero-order chi connectivity index (χ0) is 16.1. The normalized spacial score (nSPS) is 10.5. The van der Waals surface area contributed by atoms with E-state index in [1.54, 1.807) is 6.07 Å². The number of carboxylic acid groups (broad SMARTS) is 1. The van der Waals surface area contributed by atoms with Gasteiger partial charge in [-0.05, 0) is 32.0 Å². The van der Waals surface area contributed by atoms with Crippen molar-refractivity contribution in [1.82, 2.24) is 5.16 Å². The predicted molar refractivity (Wildman–Crippen MR) is 78.0 cm³/mol. The number of nitrogens with zero attached hydrogens (tertiary/aromatic N) is 1. The maximum atomic E-state index is 12.0. The lowest BCUT2D eigenvalue weighted by molar-refractivity contribution is -0.115. The first-order valence-corrected chi connectivity index (χ1v) is 6.69. The van der Waals surface area contributed by atoms with Crippen molar-refractivity contribution in [1.29, 1.82) is 0 Å². The Morgan fingerprint density at radius 1 is 1.36 bits per heavy atom. The van der Waals surface area contributed by atoms with E-state index in [0.29, 0.717) is 17.1 Å². The number of carbonyl (C=O) groups excluding carboxylic acids is 1. The number of amides is 1. The van der Waals surface area contributed by atoms with Crippen LogP contribution in [-0.2, 0) is 11.2 Å². The van der Waals surface area contributed by atoms with Gasteiger partial charge in [-0.15, -0.1) is 0 Å². The van der Waals surface area contributed by atoms with Crippen molar-refractivity contribution in [3.05, 3.63) is 41.8 Å². The first kappa shape index (κ1) is 15.6. The van der Waals surface area contributed by atoms with Gasteiger partial charge in [-0.2, -0.15) is 0 Å². The summed E-state index contributed by atoms with van der Waals surface area (Å²) in [5, 5.41) is 15.3. The third kappa shape index (κ3) is 4.08. The molecular weight excluding hydrogens is 288 g/mol. The second-order valence-electron chi connectivity index (χ2n) is 4.90. The van der Waals surface area contributed by atoms with Crippen molar-refractivity contribution in [3.63, 3.8) is 0 Å². The molecule has 0 aliphatic rings. The smallest absolute Gasteiger partial charge is 0.335 e. The number of carboxylic acids is 1. The summed E-state index contributed by atoms with van der Waals surface area (Å²) in [4.78, 5) is 23.1. The van der Waals surface area contributed by atoms with Crippen LogP contribution in [0, 0.1) is 0 Å². The number of ether oxygens (including phenoxy) is 1. The molecule has 2 N–H and O–H groups in total. The predicted octanol–water partition coefficient (Wildman–Crippen LogP) is 2.34. The van der Waals surface area contributed by atoms with Gasteiger partial charge >= 0.3 is 5.97 Å². The minimum Gasteiger partial charge on any atom is -0.489 e. The summed E-state index contributed by atoms with van der Waals surface area (Å²) in [6, 6.07) is 5.89. The van der Waals surface area contributed by atoms with Crippen molar-refractivity contribution in [3.8, 4) is 5.75 Å². The monoisotopic (exact) mass is 304 g/mol. The number of rotatable bonds is 6. The Morgan fingerprint density at radius 2 is 2.14 bits per heavy atom. The third-order valence-corrected chi connectivity index (χ3v) is 2.70. The van der Waals surface area contributed by atoms with Crippen LogP contribution in [0.3, 0.4) is 0 Å². The van der Waals surface area contributed by atoms with Crippen molar-refractivity contribution < 1.29 is 24.0 Å². The molecule has 1 aromatic heterocycles. The lowest BCUT2D eigenvalue weighted by Crippen LogP contribution is -2.17. The van der Waals surface area contributed by atoms with Gasteiger partial charge in [0, 0.05) is 6.07 Å². The van der Waals surface area contributed by atoms with Crippen molar-refractivity contribution >= 4 is 17.6 Å². The highest BCUT2D eigenvalue weighted by atomic mass is 16.5. The van der Waals surface area contributed by atoms with Crippen LogP contribution >= 0.6 is 0 Å². The molecule has 0 unspecified atom stereocenters. The van der Waals surface area contributed by atoms with Gasteiger partial charge in [0.05, 0.1) is 29.5 Å². The number of aromatic carboxylic acids is 1. The van der Waals surface area contributed by atoms with E-state index in [4.69, 9.17) is 9.84 Å². The van der Waals surface area contributed by atoms with Crippen LogP contribution in [0.25, 0.3) is 0 Å². The Hall–Kier alpha value is -2.83. The van der Waals surface area contributed by atoms with Gasteiger partial charge in [0.15, 0.2) is 0 Å². The van der Waals surface area contributed by atoms with Gasteiger partial charge in [-0.1, -0.05) is 5.16 Å². The van der Waals surface area contributed by atoms with Crippen LogP contribution in [-0.4, -0.2) is 28.2 Å². The molecule has 2 aromatic rings. The Morgan fingerprint density at radius 3 is 2.73 bits per heavy atom. The molecule has 0 atom stereocenters. The Labute approximate surface area is 126 Å². The topological polar surface area (TPSA) is 102 Å². The highest BCUT2D eigenvalue weighted by Crippen LogP contribution is 2.27. The Kier molecular flexibility index (Phi) is 4.77. The number of hydrogen-bond donors (Lipinski definition) is 2. The number of aromatic nitrogens is 1. The van der Waals surface area contributed by atoms with E-state index in [-0.39, 0.29) is 24.0 Å². The minimum atomic E-state index is -1.08. The summed E-state index contributed by atoms with van der Waals surface area (Å²) in [6.07, 6.45) is 1.29. The van der Waals surface area contributed by atoms with Gasteiger partial charge in [0.2, 0.25) is 5.91 Å². The summed E-state index contributed by atoms with van der Waals surface area (Å²) >= 11 is 0. The fourth-order valence-electron chi connectivity index (χ4n) is 1.81. The van der Waals surface area contributed by atoms with Crippen LogP contribution in [0.1, 0.15) is 29.9 Å². The van der Waals surface area contributed by atoms with Crippen LogP contribution in [0.15, 0.2) is 35.1 Å². The summed E-state index contributed by atoms with van der Waals surface area (Å²) in [7, 11) is 0. The quantitative estimate of drug-likeness (QED) is 0.849. The summed E-state index contributed by atoms with van der Waals surface area (Å²) in [6.45, 7) is 3.68. The SMILES string of the molecule is CC(C)Oc1ccc(C(=O)O)cc1NC(=O)Cc1ccon1. The number of carbonyl (C=O) groups is 2. The fourth-order valence-corrected chi connectivity index (χ4v) is 1.81. The molecular formula is C15H16N2O5. The Bertz CT molecular complexity index is 665. The number of anilines is 1. The van der Waals surface area contributed by atoms with Gasteiger partial charge in [0.25, 0.3) is 0 Å². The van der Waals surface area contributed by atoms with Crippen molar-refractivity contribution in [2.45, 2.75) is 26.4 Å². The molecule has 0 radical (unpaired) electrons. The van der Waals surface area contributed by atoms with Gasteiger partial charge in [-0.3, -0.25) is 4.79 Å². The molecule has 0 aliphatic carbocycles. The molecule has 7 heteroatoms. The molecule has 0 saturated carbocycles. The minimum absolute atomic E-state index is 0.0227. The average Bonchev–Trinajstić information content (AvgIpc) is 2.92. The van der Waals surface area contributed by atoms with Crippen molar-refractivity contribution in [2.75, 3.05) is 5.32 Å². The number of hydrogen-bond acceptors (Lipinski definition) is 5. The second-order valence-corrected chi connectivity index (χ2v) is 4.90. The summed E-state index contributed by atoms with van der Waals surface area (Å²) in [5.74, 6) is -1.01. The zero-order valence-electron chi connectivity index (χ0n) is 12.2. The fraction of sp³-hybridized carbons (Fsp3) is 0.267. The first-order chi connectivity index (χ1) is 10.5. The molecule has 0 bridgehead atoms. The van der Waals surface area contributed by atoms with E-state index in [2.05, 4.69) is 15.0 Å². The standard InChI is InChI=1S/C15H16N2O5/c1-9(2)22-13-4-3-10(15(19)20)7-12(13)16-14(18)8-11-5-6-21-17-11/h3-7,9H,8H2,1-2H3,(H,16,18)(H,19,20). The third-order valence-electron chi connectivity index (χ3n) is 2.70. The average molecular weight is 304 g/mol. The van der Waals surface area contributed by atoms with E-state index < -0.39 is 5.97 Å². The maximum Gasteiger partial charge on any atom is 0.335 e. The number of benzene rings is 1. The lowest BCUT2D eigenvalue weighted by atomic mass is 10.1. The molecule has 0 saturated heterocycles. The molecule has 7 nitrogen and oxygen atoms in total. The number of nitrogens with one attached hydrogen (secondary N) is 1. The highest BCUT2D eigenvalue weighted by Gasteiger charge is 2.14. The zero-order valence-corrected chi connectivity index (χ0v) is 12.2. The largest absolute Gasteiger partial charge is 0.489 e. The van der Waals surface area contributed by atoms with Crippen molar-refractivity contribution in [2.24, 2.45) is 0 Å². The molecule has 1 amide bonds. The highest BCUT2D eigenvalue weighted by molar-refractivity contribution is 5.96. The van der Waals surface area contributed by atoms with Crippen LogP contribution < -0.4 is 10.1 Å². The van der Waals surface area contributed by atoms with E-state index in [1.165, 1.54) is 24.5 Å².